The Bertz CT molecular complexity index is 422. The van der Waals surface area contributed by atoms with Gasteiger partial charge in [0, 0.05) is 0 Å². The number of benzene rings is 1. The number of likely N-dealkylation sites (N-methyl/N-ethyl adjacent to an activating group) is 1. The Hall–Kier alpha value is -1.62. The fraction of sp³-hybridized carbons (Fsp3) is 0.417. The zero-order chi connectivity index (χ0) is 13.1. The molecule has 94 valence electrons. The van der Waals surface area contributed by atoms with E-state index < -0.39 is 17.3 Å². The number of hydrogen-bond donors (Lipinski definition) is 1. The number of carbonyl (C=O) groups excluding carboxylic acids is 1. The number of esters is 1. The van der Waals surface area contributed by atoms with Gasteiger partial charge < -0.3 is 14.8 Å². The van der Waals surface area contributed by atoms with Crippen molar-refractivity contribution in [1.29, 1.82) is 0 Å². The number of ether oxygens (including phenoxy) is 2. The molecule has 1 aromatic rings. The molecule has 4 nitrogen and oxygen atoms in total. The first-order valence-electron chi connectivity index (χ1n) is 5.11. The molecule has 1 N–H and O–H groups in total. The molecule has 5 heteroatoms. The van der Waals surface area contributed by atoms with Crippen LogP contribution in [0.3, 0.4) is 0 Å². The van der Waals surface area contributed by atoms with Gasteiger partial charge in [-0.25, -0.2) is 9.18 Å². The van der Waals surface area contributed by atoms with E-state index in [1.807, 2.05) is 0 Å². The van der Waals surface area contributed by atoms with Gasteiger partial charge in [0.2, 0.25) is 0 Å². The molecule has 17 heavy (non-hydrogen) atoms. The Morgan fingerprint density at radius 1 is 1.41 bits per heavy atom. The third kappa shape index (κ3) is 2.39. The van der Waals surface area contributed by atoms with Gasteiger partial charge in [-0.15, -0.1) is 0 Å². The predicted octanol–water partition coefficient (Wildman–Crippen LogP) is 1.44. The SMILES string of the molecule is CNC(C)(C(=O)OC)c1ccc(OC)c(F)c1. The molecule has 1 atom stereocenters. The highest BCUT2D eigenvalue weighted by Crippen LogP contribution is 2.26. The molecule has 0 fully saturated rings. The minimum Gasteiger partial charge on any atom is -0.494 e. The van der Waals surface area contributed by atoms with Gasteiger partial charge >= 0.3 is 5.97 Å². The molecular formula is C12H16FNO3. The third-order valence-corrected chi connectivity index (χ3v) is 2.82. The Labute approximate surface area is 99.7 Å². The number of nitrogens with one attached hydrogen (secondary N) is 1. The second kappa shape index (κ2) is 5.14. The lowest BCUT2D eigenvalue weighted by Crippen LogP contribution is -2.45. The molecule has 0 aliphatic rings. The molecular weight excluding hydrogens is 225 g/mol. The van der Waals surface area contributed by atoms with E-state index in [1.165, 1.54) is 26.4 Å². The summed E-state index contributed by atoms with van der Waals surface area (Å²) in [6.45, 7) is 1.63. The summed E-state index contributed by atoms with van der Waals surface area (Å²) < 4.78 is 23.1. The van der Waals surface area contributed by atoms with Crippen molar-refractivity contribution in [2.75, 3.05) is 21.3 Å². The minimum absolute atomic E-state index is 0.136. The van der Waals surface area contributed by atoms with E-state index in [9.17, 15) is 9.18 Å². The maximum absolute atomic E-state index is 13.6. The van der Waals surface area contributed by atoms with Crippen LogP contribution in [0.5, 0.6) is 5.75 Å². The van der Waals surface area contributed by atoms with E-state index in [1.54, 1.807) is 20.0 Å². The standard InChI is InChI=1S/C12H16FNO3/c1-12(14-2,11(15)17-4)8-5-6-10(16-3)9(13)7-8/h5-7,14H,1-4H3. The Morgan fingerprint density at radius 3 is 2.47 bits per heavy atom. The highest BCUT2D eigenvalue weighted by molar-refractivity contribution is 5.82. The molecule has 1 rings (SSSR count). The second-order valence-corrected chi connectivity index (χ2v) is 3.72. The van der Waals surface area contributed by atoms with Crippen LogP contribution >= 0.6 is 0 Å². The first kappa shape index (κ1) is 13.4. The van der Waals surface area contributed by atoms with Crippen LogP contribution in [0.2, 0.25) is 0 Å². The van der Waals surface area contributed by atoms with E-state index in [-0.39, 0.29) is 5.75 Å². The van der Waals surface area contributed by atoms with E-state index in [2.05, 4.69) is 5.32 Å². The van der Waals surface area contributed by atoms with Gasteiger partial charge in [-0.05, 0) is 31.7 Å². The summed E-state index contributed by atoms with van der Waals surface area (Å²) in [5, 5.41) is 2.83. The molecule has 0 spiro atoms. The minimum atomic E-state index is -1.08. The maximum Gasteiger partial charge on any atom is 0.330 e. The molecule has 0 heterocycles. The van der Waals surface area contributed by atoms with Crippen LogP contribution in [0.25, 0.3) is 0 Å². The van der Waals surface area contributed by atoms with E-state index >= 15 is 0 Å². The van der Waals surface area contributed by atoms with E-state index in [4.69, 9.17) is 9.47 Å². The molecule has 0 saturated carbocycles. The Balaban J connectivity index is 3.21. The first-order chi connectivity index (χ1) is 7.99. The monoisotopic (exact) mass is 241 g/mol. The predicted molar refractivity (Wildman–Crippen MR) is 61.4 cm³/mol. The van der Waals surface area contributed by atoms with Crippen molar-refractivity contribution in [3.63, 3.8) is 0 Å². The number of halogens is 1. The molecule has 0 aliphatic carbocycles. The van der Waals surface area contributed by atoms with Gasteiger partial charge in [-0.2, -0.15) is 0 Å². The topological polar surface area (TPSA) is 47.6 Å². The van der Waals surface area contributed by atoms with Gasteiger partial charge in [0.15, 0.2) is 11.6 Å². The Morgan fingerprint density at radius 2 is 2.06 bits per heavy atom. The number of rotatable bonds is 4. The highest BCUT2D eigenvalue weighted by atomic mass is 19.1. The van der Waals surface area contributed by atoms with Crippen LogP contribution in [-0.2, 0) is 15.1 Å². The molecule has 0 amide bonds. The normalized spacial score (nSPS) is 13.9. The molecule has 1 unspecified atom stereocenters. The van der Waals surface area contributed by atoms with Gasteiger partial charge in [0.25, 0.3) is 0 Å². The fourth-order valence-corrected chi connectivity index (χ4v) is 1.55. The van der Waals surface area contributed by atoms with Crippen LogP contribution in [0.1, 0.15) is 12.5 Å². The van der Waals surface area contributed by atoms with Crippen molar-refractivity contribution in [2.24, 2.45) is 0 Å². The van der Waals surface area contributed by atoms with Crippen LogP contribution < -0.4 is 10.1 Å². The van der Waals surface area contributed by atoms with Gasteiger partial charge in [0.1, 0.15) is 5.54 Å². The van der Waals surface area contributed by atoms with E-state index in [0.717, 1.165) is 0 Å². The zero-order valence-electron chi connectivity index (χ0n) is 10.3. The zero-order valence-corrected chi connectivity index (χ0v) is 10.3. The van der Waals surface area contributed by atoms with E-state index in [0.29, 0.717) is 5.56 Å². The maximum atomic E-state index is 13.6. The van der Waals surface area contributed by atoms with Crippen molar-refractivity contribution >= 4 is 5.97 Å². The van der Waals surface area contributed by atoms with Crippen LogP contribution in [0.15, 0.2) is 18.2 Å². The third-order valence-electron chi connectivity index (χ3n) is 2.82. The molecule has 1 aromatic carbocycles. The average Bonchev–Trinajstić information content (AvgIpc) is 2.36. The van der Waals surface area contributed by atoms with Crippen molar-refractivity contribution in [1.82, 2.24) is 5.32 Å². The largest absolute Gasteiger partial charge is 0.494 e. The van der Waals surface area contributed by atoms with Crippen molar-refractivity contribution in [3.8, 4) is 5.75 Å². The van der Waals surface area contributed by atoms with Crippen molar-refractivity contribution in [3.05, 3.63) is 29.6 Å². The van der Waals surface area contributed by atoms with Gasteiger partial charge in [-0.1, -0.05) is 6.07 Å². The molecule has 0 saturated heterocycles. The summed E-state index contributed by atoms with van der Waals surface area (Å²) in [5.74, 6) is -0.864. The summed E-state index contributed by atoms with van der Waals surface area (Å²) >= 11 is 0. The van der Waals surface area contributed by atoms with Gasteiger partial charge in [0.05, 0.1) is 14.2 Å². The van der Waals surface area contributed by atoms with Crippen molar-refractivity contribution in [2.45, 2.75) is 12.5 Å². The average molecular weight is 241 g/mol. The summed E-state index contributed by atoms with van der Waals surface area (Å²) in [4.78, 5) is 11.7. The lowest BCUT2D eigenvalue weighted by Gasteiger charge is -2.26. The summed E-state index contributed by atoms with van der Waals surface area (Å²) in [5.41, 5.74) is -0.604. The smallest absolute Gasteiger partial charge is 0.330 e. The van der Waals surface area contributed by atoms with Crippen molar-refractivity contribution < 1.29 is 18.7 Å². The van der Waals surface area contributed by atoms with Gasteiger partial charge in [-0.3, -0.25) is 0 Å². The second-order valence-electron chi connectivity index (χ2n) is 3.72. The number of carbonyl (C=O) groups is 1. The van der Waals surface area contributed by atoms with Crippen LogP contribution in [0, 0.1) is 5.82 Å². The lowest BCUT2D eigenvalue weighted by atomic mass is 9.92. The summed E-state index contributed by atoms with van der Waals surface area (Å²) in [6.07, 6.45) is 0. The Kier molecular flexibility index (Phi) is 4.07. The summed E-state index contributed by atoms with van der Waals surface area (Å²) in [7, 11) is 4.28. The van der Waals surface area contributed by atoms with Crippen LogP contribution in [0.4, 0.5) is 4.39 Å². The lowest BCUT2D eigenvalue weighted by molar-refractivity contribution is -0.148. The number of methoxy groups -OCH3 is 2. The fourth-order valence-electron chi connectivity index (χ4n) is 1.55. The highest BCUT2D eigenvalue weighted by Gasteiger charge is 2.35. The molecule has 0 bridgehead atoms. The number of hydrogen-bond acceptors (Lipinski definition) is 4. The molecule has 0 aliphatic heterocycles. The first-order valence-corrected chi connectivity index (χ1v) is 5.11. The molecule has 0 radical (unpaired) electrons. The summed E-state index contributed by atoms with van der Waals surface area (Å²) in [6, 6.07) is 4.35. The van der Waals surface area contributed by atoms with Crippen LogP contribution in [-0.4, -0.2) is 27.2 Å². The molecule has 0 aromatic heterocycles. The quantitative estimate of drug-likeness (QED) is 0.810.